The molecule has 1 nitrogen and oxygen atoms in total. The zero-order chi connectivity index (χ0) is 17.8. The van der Waals surface area contributed by atoms with Crippen LogP contribution in [0.4, 0.5) is 0 Å². The highest BCUT2D eigenvalue weighted by molar-refractivity contribution is 5.10. The molecule has 4 aliphatic carbocycles. The number of aliphatic hydroxyl groups excluding tert-OH is 1. The van der Waals surface area contributed by atoms with E-state index in [9.17, 15) is 5.11 Å². The van der Waals surface area contributed by atoms with Crippen LogP contribution in [-0.4, -0.2) is 11.2 Å². The van der Waals surface area contributed by atoms with Gasteiger partial charge in [-0.05, 0) is 97.7 Å². The van der Waals surface area contributed by atoms with E-state index in [4.69, 9.17) is 0 Å². The summed E-state index contributed by atoms with van der Waals surface area (Å²) >= 11 is 0. The summed E-state index contributed by atoms with van der Waals surface area (Å²) in [7, 11) is 0. The lowest BCUT2D eigenvalue weighted by molar-refractivity contribution is -0.164. The summed E-state index contributed by atoms with van der Waals surface area (Å²) in [6.45, 7) is 10.1. The first-order chi connectivity index (χ1) is 11.9. The fraction of sp³-hybridized carbons (Fsp3) is 1.00. The molecular weight excluding hydrogens is 304 g/mol. The number of hydrogen-bond acceptors (Lipinski definition) is 1. The Morgan fingerprint density at radius 3 is 2.52 bits per heavy atom. The molecule has 0 spiro atoms. The van der Waals surface area contributed by atoms with Gasteiger partial charge in [-0.3, -0.25) is 0 Å². The summed E-state index contributed by atoms with van der Waals surface area (Å²) < 4.78 is 0. The fourth-order valence-corrected chi connectivity index (χ4v) is 8.94. The van der Waals surface area contributed by atoms with Gasteiger partial charge in [0.25, 0.3) is 0 Å². The second kappa shape index (κ2) is 6.54. The molecule has 1 heteroatoms. The molecule has 1 N–H and O–H groups in total. The quantitative estimate of drug-likeness (QED) is 0.623. The zero-order valence-electron chi connectivity index (χ0n) is 17.3. The predicted octanol–water partition coefficient (Wildman–Crippen LogP) is 6.44. The summed E-state index contributed by atoms with van der Waals surface area (Å²) in [6.07, 6.45) is 15.1. The number of aliphatic hydroxyl groups is 1. The Labute approximate surface area is 156 Å². The van der Waals surface area contributed by atoms with Crippen molar-refractivity contribution < 1.29 is 5.11 Å². The summed E-state index contributed by atoms with van der Waals surface area (Å²) in [6, 6.07) is 0. The largest absolute Gasteiger partial charge is 0.393 e. The van der Waals surface area contributed by atoms with Crippen LogP contribution < -0.4 is 0 Å². The molecule has 4 rings (SSSR count). The number of hydrogen-bond donors (Lipinski definition) is 1. The van der Waals surface area contributed by atoms with E-state index in [2.05, 4.69) is 27.7 Å². The highest BCUT2D eigenvalue weighted by Crippen LogP contribution is 2.68. The Kier molecular flexibility index (Phi) is 4.79. The van der Waals surface area contributed by atoms with Crippen molar-refractivity contribution in [3.8, 4) is 0 Å². The minimum Gasteiger partial charge on any atom is -0.393 e. The highest BCUT2D eigenvalue weighted by atomic mass is 16.3. The Morgan fingerprint density at radius 1 is 0.960 bits per heavy atom. The molecule has 0 aromatic carbocycles. The molecule has 0 heterocycles. The first-order valence-corrected chi connectivity index (χ1v) is 11.6. The van der Waals surface area contributed by atoms with Gasteiger partial charge in [-0.2, -0.15) is 0 Å². The molecule has 144 valence electrons. The maximum absolute atomic E-state index is 11.0. The van der Waals surface area contributed by atoms with Crippen molar-refractivity contribution in [1.82, 2.24) is 0 Å². The second-order valence-corrected chi connectivity index (χ2v) is 11.0. The monoisotopic (exact) mass is 346 g/mol. The first-order valence-electron chi connectivity index (χ1n) is 11.6. The minimum atomic E-state index is -0.0281. The molecule has 0 radical (unpaired) electrons. The standard InChI is InChI=1S/C24H42O/c1-5-7-16(2)19-12-13-20-18-11-10-17-8-6-9-22(25)24(17,4)21(18)14-15-23(19,20)3/h16-22,25H,5-15H2,1-4H3/t16-,17?,18+,19-,20+,21+,22?,23-,24+/m1/s1. The number of fused-ring (bicyclic) bond motifs is 5. The van der Waals surface area contributed by atoms with Gasteiger partial charge in [0, 0.05) is 0 Å². The molecule has 25 heavy (non-hydrogen) atoms. The van der Waals surface area contributed by atoms with Crippen LogP contribution in [-0.2, 0) is 0 Å². The van der Waals surface area contributed by atoms with Crippen LogP contribution in [0.15, 0.2) is 0 Å². The molecule has 4 saturated carbocycles. The van der Waals surface area contributed by atoms with Crippen molar-refractivity contribution in [3.05, 3.63) is 0 Å². The lowest BCUT2D eigenvalue weighted by Crippen LogP contribution is -2.57. The molecule has 0 saturated heterocycles. The normalized spacial score (nSPS) is 53.6. The Bertz CT molecular complexity index is 486. The van der Waals surface area contributed by atoms with Gasteiger partial charge in [0.2, 0.25) is 0 Å². The van der Waals surface area contributed by atoms with Crippen molar-refractivity contribution in [2.75, 3.05) is 0 Å². The maximum atomic E-state index is 11.0. The first kappa shape index (κ1) is 18.3. The van der Waals surface area contributed by atoms with Crippen LogP contribution in [0.5, 0.6) is 0 Å². The number of rotatable bonds is 3. The molecule has 2 unspecified atom stereocenters. The van der Waals surface area contributed by atoms with E-state index in [1.807, 2.05) is 0 Å². The predicted molar refractivity (Wildman–Crippen MR) is 105 cm³/mol. The van der Waals surface area contributed by atoms with Crippen LogP contribution >= 0.6 is 0 Å². The zero-order valence-corrected chi connectivity index (χ0v) is 17.3. The molecule has 4 aliphatic rings. The van der Waals surface area contributed by atoms with Gasteiger partial charge in [-0.25, -0.2) is 0 Å². The van der Waals surface area contributed by atoms with Gasteiger partial charge < -0.3 is 5.11 Å². The average Bonchev–Trinajstić information content (AvgIpc) is 2.93. The topological polar surface area (TPSA) is 20.2 Å². The summed E-state index contributed by atoms with van der Waals surface area (Å²) in [5.74, 6) is 5.33. The lowest BCUT2D eigenvalue weighted by Gasteiger charge is -2.62. The van der Waals surface area contributed by atoms with Crippen LogP contribution in [0.2, 0.25) is 0 Å². The molecule has 4 fully saturated rings. The highest BCUT2D eigenvalue weighted by Gasteiger charge is 2.61. The van der Waals surface area contributed by atoms with E-state index in [0.29, 0.717) is 5.41 Å². The van der Waals surface area contributed by atoms with E-state index in [-0.39, 0.29) is 11.5 Å². The van der Waals surface area contributed by atoms with Gasteiger partial charge in [-0.1, -0.05) is 47.0 Å². The smallest absolute Gasteiger partial charge is 0.0599 e. The molecule has 0 bridgehead atoms. The van der Waals surface area contributed by atoms with E-state index in [0.717, 1.165) is 41.9 Å². The van der Waals surface area contributed by atoms with Crippen molar-refractivity contribution >= 4 is 0 Å². The minimum absolute atomic E-state index is 0.0281. The summed E-state index contributed by atoms with van der Waals surface area (Å²) in [5.41, 5.74) is 0.828. The van der Waals surface area contributed by atoms with Crippen molar-refractivity contribution in [1.29, 1.82) is 0 Å². The molecule has 0 amide bonds. The third kappa shape index (κ3) is 2.58. The van der Waals surface area contributed by atoms with E-state index in [1.54, 1.807) is 0 Å². The molecule has 0 aliphatic heterocycles. The van der Waals surface area contributed by atoms with Crippen LogP contribution in [0, 0.1) is 46.3 Å². The molecular formula is C24H42O. The van der Waals surface area contributed by atoms with Gasteiger partial charge in [0.05, 0.1) is 6.10 Å². The van der Waals surface area contributed by atoms with Crippen molar-refractivity contribution in [2.24, 2.45) is 46.3 Å². The van der Waals surface area contributed by atoms with Crippen LogP contribution in [0.1, 0.15) is 98.3 Å². The van der Waals surface area contributed by atoms with E-state index < -0.39 is 0 Å². The third-order valence-corrected chi connectivity index (χ3v) is 10.2. The van der Waals surface area contributed by atoms with Crippen LogP contribution in [0.3, 0.4) is 0 Å². The Hall–Kier alpha value is -0.0400. The van der Waals surface area contributed by atoms with Gasteiger partial charge in [0.15, 0.2) is 0 Å². The molecule has 9 atom stereocenters. The van der Waals surface area contributed by atoms with Gasteiger partial charge >= 0.3 is 0 Å². The van der Waals surface area contributed by atoms with Gasteiger partial charge in [-0.15, -0.1) is 0 Å². The maximum Gasteiger partial charge on any atom is 0.0599 e. The van der Waals surface area contributed by atoms with Gasteiger partial charge in [0.1, 0.15) is 0 Å². The van der Waals surface area contributed by atoms with Crippen molar-refractivity contribution in [3.63, 3.8) is 0 Å². The van der Waals surface area contributed by atoms with E-state index >= 15 is 0 Å². The summed E-state index contributed by atoms with van der Waals surface area (Å²) in [4.78, 5) is 0. The van der Waals surface area contributed by atoms with Crippen molar-refractivity contribution in [2.45, 2.75) is 104 Å². The summed E-state index contributed by atoms with van der Waals surface area (Å²) in [5, 5.41) is 11.0. The Balaban J connectivity index is 1.59. The lowest BCUT2D eigenvalue weighted by atomic mass is 9.44. The second-order valence-electron chi connectivity index (χ2n) is 11.0. The average molecular weight is 347 g/mol. The molecule has 0 aromatic rings. The third-order valence-electron chi connectivity index (χ3n) is 10.2. The van der Waals surface area contributed by atoms with Crippen LogP contribution in [0.25, 0.3) is 0 Å². The SMILES string of the molecule is CCC[C@@H](C)[C@H]1CC[C@H]2[C@@H]3CCC4CCCC(O)[C@]4(C)[C@H]3CC[C@]12C. The molecule has 0 aromatic heterocycles. The Morgan fingerprint density at radius 2 is 1.76 bits per heavy atom. The van der Waals surface area contributed by atoms with E-state index in [1.165, 1.54) is 64.2 Å². The fourth-order valence-electron chi connectivity index (χ4n) is 8.94.